The topological polar surface area (TPSA) is 58.9 Å². The van der Waals surface area contributed by atoms with Gasteiger partial charge in [-0.2, -0.15) is 0 Å². The highest BCUT2D eigenvalue weighted by Crippen LogP contribution is 1.98. The van der Waals surface area contributed by atoms with Crippen LogP contribution in [0.15, 0.2) is 0 Å². The molecule has 0 aromatic rings. The molecule has 2 N–H and O–H groups in total. The minimum Gasteiger partial charge on any atom is -0.456 e. The van der Waals surface area contributed by atoms with Crippen LogP contribution in [0.1, 0.15) is 13.8 Å². The fourth-order valence-corrected chi connectivity index (χ4v) is 0.795. The Morgan fingerprint density at radius 2 is 2.17 bits per heavy atom. The zero-order chi connectivity index (χ0) is 9.56. The monoisotopic (exact) mass is 194 g/mol. The maximum Gasteiger partial charge on any atom is 0.197 e. The van der Waals surface area contributed by atoms with Crippen molar-refractivity contribution < 1.29 is 19.7 Å². The maximum absolute atomic E-state index is 8.97. The minimum absolute atomic E-state index is 0.0431. The number of thiocarbonyl (C=S) groups is 1. The van der Waals surface area contributed by atoms with E-state index in [1.165, 1.54) is 0 Å². The van der Waals surface area contributed by atoms with Crippen LogP contribution in [0.5, 0.6) is 0 Å². The Bertz CT molecular complexity index is 139. The van der Waals surface area contributed by atoms with Gasteiger partial charge in [0, 0.05) is 6.61 Å². The summed E-state index contributed by atoms with van der Waals surface area (Å²) in [6.07, 6.45) is -1.59. The zero-order valence-corrected chi connectivity index (χ0v) is 8.00. The molecule has 72 valence electrons. The fraction of sp³-hybridized carbons (Fsp3) is 0.857. The van der Waals surface area contributed by atoms with Gasteiger partial charge in [-0.3, -0.25) is 0 Å². The lowest BCUT2D eigenvalue weighted by atomic mass is 10.4. The van der Waals surface area contributed by atoms with E-state index in [4.69, 9.17) is 19.7 Å². The lowest BCUT2D eigenvalue weighted by Crippen LogP contribution is -2.29. The third-order valence-corrected chi connectivity index (χ3v) is 1.50. The molecule has 0 aromatic carbocycles. The van der Waals surface area contributed by atoms with Gasteiger partial charge in [0.25, 0.3) is 0 Å². The minimum atomic E-state index is -1.11. The Labute approximate surface area is 77.1 Å². The highest BCUT2D eigenvalue weighted by atomic mass is 32.1. The van der Waals surface area contributed by atoms with E-state index >= 15 is 0 Å². The van der Waals surface area contributed by atoms with E-state index < -0.39 is 19.0 Å². The van der Waals surface area contributed by atoms with Crippen LogP contribution < -0.4 is 0 Å². The maximum atomic E-state index is 8.97. The summed E-state index contributed by atoms with van der Waals surface area (Å²) in [6, 6.07) is 0. The van der Waals surface area contributed by atoms with E-state index in [1.54, 1.807) is 6.92 Å². The largest absolute Gasteiger partial charge is 0.456 e. The molecule has 0 rings (SSSR count). The van der Waals surface area contributed by atoms with E-state index in [-0.39, 0.29) is 5.05 Å². The molecule has 2 atom stereocenters. The van der Waals surface area contributed by atoms with E-state index in [0.717, 1.165) is 0 Å². The van der Waals surface area contributed by atoms with E-state index in [0.29, 0.717) is 6.61 Å². The van der Waals surface area contributed by atoms with Gasteiger partial charge in [-0.05, 0) is 26.1 Å². The normalized spacial score (nSPS) is 15.3. The molecule has 0 aliphatic heterocycles. The molecule has 0 aliphatic rings. The van der Waals surface area contributed by atoms with Gasteiger partial charge in [-0.15, -0.1) is 0 Å². The summed E-state index contributed by atoms with van der Waals surface area (Å²) in [5.74, 6) is 0. The van der Waals surface area contributed by atoms with Crippen molar-refractivity contribution in [3.05, 3.63) is 0 Å². The summed E-state index contributed by atoms with van der Waals surface area (Å²) in [5.41, 5.74) is 0. The number of rotatable bonds is 5. The van der Waals surface area contributed by atoms with Crippen molar-refractivity contribution in [3.63, 3.8) is 0 Å². The highest BCUT2D eigenvalue weighted by Gasteiger charge is 2.13. The Hall–Kier alpha value is -0.230. The van der Waals surface area contributed by atoms with E-state index in [1.807, 2.05) is 6.92 Å². The Morgan fingerprint density at radius 1 is 1.58 bits per heavy atom. The van der Waals surface area contributed by atoms with Crippen LogP contribution >= 0.6 is 12.2 Å². The lowest BCUT2D eigenvalue weighted by Gasteiger charge is -2.16. The molecule has 0 amide bonds. The first-order valence-electron chi connectivity index (χ1n) is 3.72. The van der Waals surface area contributed by atoms with Crippen molar-refractivity contribution in [2.75, 3.05) is 13.2 Å². The highest BCUT2D eigenvalue weighted by molar-refractivity contribution is 7.80. The molecule has 0 radical (unpaired) electrons. The molecule has 0 bridgehead atoms. The molecule has 5 heteroatoms. The van der Waals surface area contributed by atoms with E-state index in [9.17, 15) is 0 Å². The Kier molecular flexibility index (Phi) is 6.18. The van der Waals surface area contributed by atoms with Crippen molar-refractivity contribution in [2.24, 2.45) is 0 Å². The van der Waals surface area contributed by atoms with Gasteiger partial charge in [0.15, 0.2) is 11.3 Å². The van der Waals surface area contributed by atoms with Crippen LogP contribution in [0, 0.1) is 0 Å². The molecule has 0 spiro atoms. The third-order valence-electron chi connectivity index (χ3n) is 1.13. The molecular formula is C7H14O4S. The summed E-state index contributed by atoms with van der Waals surface area (Å²) in [5, 5.41) is 17.4. The van der Waals surface area contributed by atoms with Gasteiger partial charge in [-0.25, -0.2) is 0 Å². The molecule has 2 unspecified atom stereocenters. The smallest absolute Gasteiger partial charge is 0.197 e. The summed E-state index contributed by atoms with van der Waals surface area (Å²) < 4.78 is 9.95. The lowest BCUT2D eigenvalue weighted by molar-refractivity contribution is -0.0751. The average molecular weight is 194 g/mol. The van der Waals surface area contributed by atoms with Gasteiger partial charge in [0.05, 0.1) is 6.61 Å². The van der Waals surface area contributed by atoms with Gasteiger partial charge in [0.2, 0.25) is 0 Å². The van der Waals surface area contributed by atoms with Gasteiger partial charge in [0.1, 0.15) is 6.10 Å². The molecule has 12 heavy (non-hydrogen) atoms. The molecule has 0 fully saturated rings. The van der Waals surface area contributed by atoms with Crippen LogP contribution in [-0.4, -0.2) is 40.9 Å². The van der Waals surface area contributed by atoms with Crippen molar-refractivity contribution >= 4 is 17.3 Å². The SMILES string of the molecule is CCOC(C)OC(=S)C(O)CO. The van der Waals surface area contributed by atoms with Crippen LogP contribution in [0.3, 0.4) is 0 Å². The molecule has 0 saturated heterocycles. The van der Waals surface area contributed by atoms with Gasteiger partial charge >= 0.3 is 0 Å². The van der Waals surface area contributed by atoms with Gasteiger partial charge < -0.3 is 19.7 Å². The predicted molar refractivity (Wildman–Crippen MR) is 47.9 cm³/mol. The standard InChI is InChI=1S/C7H14O4S/c1-3-10-5(2)11-7(12)6(9)4-8/h5-6,8-9H,3-4H2,1-2H3. The number of aliphatic hydroxyl groups excluding tert-OH is 2. The number of hydrogen-bond acceptors (Lipinski definition) is 5. The molecule has 0 saturated carbocycles. The summed E-state index contributed by atoms with van der Waals surface area (Å²) in [4.78, 5) is 0. The van der Waals surface area contributed by atoms with Crippen molar-refractivity contribution in [2.45, 2.75) is 26.2 Å². The first-order valence-corrected chi connectivity index (χ1v) is 4.13. The number of hydrogen-bond donors (Lipinski definition) is 2. The van der Waals surface area contributed by atoms with Crippen molar-refractivity contribution in [1.82, 2.24) is 0 Å². The second kappa shape index (κ2) is 6.30. The van der Waals surface area contributed by atoms with Crippen LogP contribution in [0.25, 0.3) is 0 Å². The molecule has 4 nitrogen and oxygen atoms in total. The van der Waals surface area contributed by atoms with Crippen LogP contribution in [0.2, 0.25) is 0 Å². The molecule has 0 heterocycles. The second-order valence-corrected chi connectivity index (χ2v) is 2.56. The molecule has 0 aliphatic carbocycles. The molecule has 0 aromatic heterocycles. The second-order valence-electron chi connectivity index (χ2n) is 2.16. The van der Waals surface area contributed by atoms with Crippen LogP contribution in [-0.2, 0) is 9.47 Å². The van der Waals surface area contributed by atoms with Crippen molar-refractivity contribution in [3.8, 4) is 0 Å². The summed E-state index contributed by atoms with van der Waals surface area (Å²) >= 11 is 4.65. The Balaban J connectivity index is 3.67. The first-order chi connectivity index (χ1) is 5.61. The fourth-order valence-electron chi connectivity index (χ4n) is 0.585. The van der Waals surface area contributed by atoms with Crippen molar-refractivity contribution in [1.29, 1.82) is 0 Å². The predicted octanol–water partition coefficient (Wildman–Crippen LogP) is 0.0661. The van der Waals surface area contributed by atoms with E-state index in [2.05, 4.69) is 12.2 Å². The quantitative estimate of drug-likeness (QED) is 0.479. The summed E-state index contributed by atoms with van der Waals surface area (Å²) in [6.45, 7) is 3.57. The zero-order valence-electron chi connectivity index (χ0n) is 7.19. The Morgan fingerprint density at radius 3 is 2.58 bits per heavy atom. The first kappa shape index (κ1) is 11.8. The van der Waals surface area contributed by atoms with Crippen LogP contribution in [0.4, 0.5) is 0 Å². The third kappa shape index (κ3) is 4.61. The number of aliphatic hydroxyl groups is 2. The molecular weight excluding hydrogens is 180 g/mol. The average Bonchev–Trinajstić information content (AvgIpc) is 2.03. The van der Waals surface area contributed by atoms with Gasteiger partial charge in [-0.1, -0.05) is 0 Å². The number of ether oxygens (including phenoxy) is 2. The summed E-state index contributed by atoms with van der Waals surface area (Å²) in [7, 11) is 0.